The van der Waals surface area contributed by atoms with Gasteiger partial charge in [-0.2, -0.15) is 0 Å². The van der Waals surface area contributed by atoms with Gasteiger partial charge in [0.2, 0.25) is 5.91 Å². The maximum Gasteiger partial charge on any atom is 0.258 e. The Labute approximate surface area is 164 Å². The van der Waals surface area contributed by atoms with E-state index in [-0.39, 0.29) is 11.5 Å². The van der Waals surface area contributed by atoms with E-state index < -0.39 is 0 Å². The largest absolute Gasteiger partial charge is 0.496 e. The van der Waals surface area contributed by atoms with Gasteiger partial charge in [0.25, 0.3) is 5.56 Å². The smallest absolute Gasteiger partial charge is 0.258 e. The topological polar surface area (TPSA) is 84.1 Å². The maximum absolute atomic E-state index is 12.1. The van der Waals surface area contributed by atoms with Crippen LogP contribution in [0.1, 0.15) is 29.8 Å². The maximum atomic E-state index is 12.1. The molecule has 1 aromatic heterocycles. The van der Waals surface area contributed by atoms with E-state index >= 15 is 0 Å². The molecule has 1 heterocycles. The van der Waals surface area contributed by atoms with Crippen LogP contribution in [0.3, 0.4) is 0 Å². The molecule has 0 spiro atoms. The van der Waals surface area contributed by atoms with Crippen molar-refractivity contribution >= 4 is 16.8 Å². The molecule has 28 heavy (non-hydrogen) atoms. The number of hydrogen-bond acceptors (Lipinski definition) is 4. The molecule has 3 rings (SSSR count). The Morgan fingerprint density at radius 3 is 2.82 bits per heavy atom. The molecule has 0 saturated carbocycles. The molecule has 6 nitrogen and oxygen atoms in total. The van der Waals surface area contributed by atoms with Gasteiger partial charge < -0.3 is 15.0 Å². The minimum absolute atomic E-state index is 0.00486. The number of ether oxygens (including phenoxy) is 1. The monoisotopic (exact) mass is 379 g/mol. The minimum Gasteiger partial charge on any atom is -0.496 e. The van der Waals surface area contributed by atoms with Crippen molar-refractivity contribution in [2.24, 2.45) is 0 Å². The fourth-order valence-electron chi connectivity index (χ4n) is 3.20. The van der Waals surface area contributed by atoms with Crippen molar-refractivity contribution < 1.29 is 9.53 Å². The summed E-state index contributed by atoms with van der Waals surface area (Å²) in [4.78, 5) is 31.4. The average molecular weight is 379 g/mol. The second-order valence-corrected chi connectivity index (χ2v) is 6.80. The van der Waals surface area contributed by atoms with Gasteiger partial charge in [-0.1, -0.05) is 29.8 Å². The van der Waals surface area contributed by atoms with E-state index in [2.05, 4.69) is 21.4 Å². The number of amides is 1. The van der Waals surface area contributed by atoms with Gasteiger partial charge in [0.15, 0.2) is 0 Å². The van der Waals surface area contributed by atoms with Gasteiger partial charge >= 0.3 is 0 Å². The van der Waals surface area contributed by atoms with Crippen LogP contribution in [0.15, 0.2) is 47.3 Å². The third kappa shape index (κ3) is 4.97. The first-order valence-corrected chi connectivity index (χ1v) is 9.45. The highest BCUT2D eigenvalue weighted by Crippen LogP contribution is 2.19. The van der Waals surface area contributed by atoms with Crippen molar-refractivity contribution in [3.8, 4) is 5.75 Å². The van der Waals surface area contributed by atoms with Crippen LogP contribution in [0, 0.1) is 6.92 Å². The number of rotatable bonds is 8. The first-order valence-electron chi connectivity index (χ1n) is 9.45. The fourth-order valence-corrected chi connectivity index (χ4v) is 3.20. The van der Waals surface area contributed by atoms with Gasteiger partial charge in [-0.25, -0.2) is 4.98 Å². The van der Waals surface area contributed by atoms with Crippen molar-refractivity contribution in [3.63, 3.8) is 0 Å². The van der Waals surface area contributed by atoms with Crippen LogP contribution >= 0.6 is 0 Å². The number of fused-ring (bicyclic) bond motifs is 1. The zero-order valence-electron chi connectivity index (χ0n) is 16.2. The lowest BCUT2D eigenvalue weighted by molar-refractivity contribution is -0.121. The summed E-state index contributed by atoms with van der Waals surface area (Å²) in [5, 5.41) is 3.52. The van der Waals surface area contributed by atoms with Gasteiger partial charge in [0.05, 0.1) is 18.0 Å². The van der Waals surface area contributed by atoms with E-state index in [1.165, 1.54) is 5.56 Å². The highest BCUT2D eigenvalue weighted by Gasteiger charge is 2.07. The number of para-hydroxylation sites is 1. The number of carbonyl (C=O) groups excluding carboxylic acids is 1. The molecule has 0 bridgehead atoms. The van der Waals surface area contributed by atoms with E-state index in [4.69, 9.17) is 4.74 Å². The molecule has 0 saturated heterocycles. The molecular weight excluding hydrogens is 354 g/mol. The summed E-state index contributed by atoms with van der Waals surface area (Å²) < 4.78 is 5.36. The Kier molecular flexibility index (Phi) is 6.42. The van der Waals surface area contributed by atoms with E-state index in [1.54, 1.807) is 13.2 Å². The van der Waals surface area contributed by atoms with Crippen molar-refractivity contribution in [1.82, 2.24) is 15.3 Å². The molecule has 2 N–H and O–H groups in total. The molecule has 0 aliphatic heterocycles. The number of benzene rings is 2. The van der Waals surface area contributed by atoms with Crippen LogP contribution < -0.4 is 15.6 Å². The Hall–Kier alpha value is -3.15. The molecule has 0 atom stereocenters. The van der Waals surface area contributed by atoms with Gasteiger partial charge in [-0.05, 0) is 43.5 Å². The Bertz CT molecular complexity index is 1030. The number of aromatic amines is 1. The number of H-pyrrole nitrogens is 1. The summed E-state index contributed by atoms with van der Waals surface area (Å²) in [5.74, 6) is 1.45. The zero-order valence-corrected chi connectivity index (χ0v) is 16.2. The predicted octanol–water partition coefficient (Wildman–Crippen LogP) is 2.92. The summed E-state index contributed by atoms with van der Waals surface area (Å²) in [6, 6.07) is 13.3. The SMILES string of the molecule is COc1ccc(C)cc1CCNC(=O)CCCc1nc2ccccc2c(=O)[nH]1. The molecule has 146 valence electrons. The third-order valence-corrected chi connectivity index (χ3v) is 4.63. The molecular formula is C22H25N3O3. The van der Waals surface area contributed by atoms with Crippen LogP contribution in [0.25, 0.3) is 10.9 Å². The van der Waals surface area contributed by atoms with E-state index in [0.29, 0.717) is 42.5 Å². The number of methoxy groups -OCH3 is 1. The summed E-state index contributed by atoms with van der Waals surface area (Å²) >= 11 is 0. The van der Waals surface area contributed by atoms with Gasteiger partial charge in [-0.15, -0.1) is 0 Å². The van der Waals surface area contributed by atoms with E-state index in [9.17, 15) is 9.59 Å². The summed E-state index contributed by atoms with van der Waals surface area (Å²) in [7, 11) is 1.65. The fraction of sp³-hybridized carbons (Fsp3) is 0.318. The summed E-state index contributed by atoms with van der Waals surface area (Å²) in [6.07, 6.45) is 2.29. The minimum atomic E-state index is -0.142. The Morgan fingerprint density at radius 2 is 2.00 bits per heavy atom. The molecule has 0 radical (unpaired) electrons. The molecule has 0 unspecified atom stereocenters. The van der Waals surface area contributed by atoms with Crippen LogP contribution in [0.4, 0.5) is 0 Å². The normalized spacial score (nSPS) is 10.8. The van der Waals surface area contributed by atoms with Gasteiger partial charge in [-0.3, -0.25) is 9.59 Å². The van der Waals surface area contributed by atoms with Crippen LogP contribution in [0.2, 0.25) is 0 Å². The lowest BCUT2D eigenvalue weighted by Crippen LogP contribution is -2.25. The number of aryl methyl sites for hydroxylation is 2. The van der Waals surface area contributed by atoms with Crippen LogP contribution in [0.5, 0.6) is 5.75 Å². The number of carbonyl (C=O) groups is 1. The van der Waals surface area contributed by atoms with Crippen molar-refractivity contribution in [2.45, 2.75) is 32.6 Å². The summed E-state index contributed by atoms with van der Waals surface area (Å²) in [6.45, 7) is 2.59. The number of nitrogens with one attached hydrogen (secondary N) is 2. The van der Waals surface area contributed by atoms with E-state index in [1.807, 2.05) is 37.3 Å². The first kappa shape index (κ1) is 19.6. The quantitative estimate of drug-likeness (QED) is 0.630. The highest BCUT2D eigenvalue weighted by molar-refractivity contribution is 5.77. The van der Waals surface area contributed by atoms with Crippen LogP contribution in [-0.2, 0) is 17.6 Å². The van der Waals surface area contributed by atoms with Gasteiger partial charge in [0, 0.05) is 19.4 Å². The number of aromatic nitrogens is 2. The number of hydrogen-bond donors (Lipinski definition) is 2. The standard InChI is InChI=1S/C22H25N3O3/c1-15-10-11-19(28-2)16(14-15)12-13-23-21(26)9-5-8-20-24-18-7-4-3-6-17(18)22(27)25-20/h3-4,6-7,10-11,14H,5,8-9,12-13H2,1-2H3,(H,23,26)(H,24,25,27). The van der Waals surface area contributed by atoms with Crippen molar-refractivity contribution in [2.75, 3.05) is 13.7 Å². The Morgan fingerprint density at radius 1 is 1.18 bits per heavy atom. The first-order chi connectivity index (χ1) is 13.6. The average Bonchev–Trinajstić information content (AvgIpc) is 2.68. The third-order valence-electron chi connectivity index (χ3n) is 4.63. The molecule has 0 aliphatic rings. The van der Waals surface area contributed by atoms with Crippen molar-refractivity contribution in [1.29, 1.82) is 0 Å². The van der Waals surface area contributed by atoms with Crippen molar-refractivity contribution in [3.05, 3.63) is 69.8 Å². The zero-order chi connectivity index (χ0) is 19.9. The van der Waals surface area contributed by atoms with E-state index in [0.717, 1.165) is 17.7 Å². The molecule has 0 aliphatic carbocycles. The molecule has 3 aromatic rings. The molecule has 2 aromatic carbocycles. The second kappa shape index (κ2) is 9.17. The van der Waals surface area contributed by atoms with Gasteiger partial charge in [0.1, 0.15) is 11.6 Å². The summed E-state index contributed by atoms with van der Waals surface area (Å²) in [5.41, 5.74) is 2.79. The lowest BCUT2D eigenvalue weighted by Gasteiger charge is -2.10. The highest BCUT2D eigenvalue weighted by atomic mass is 16.5. The lowest BCUT2D eigenvalue weighted by atomic mass is 10.1. The second-order valence-electron chi connectivity index (χ2n) is 6.80. The Balaban J connectivity index is 1.46. The molecule has 1 amide bonds. The number of nitrogens with zero attached hydrogens (tertiary/aromatic N) is 1. The van der Waals surface area contributed by atoms with Crippen LogP contribution in [-0.4, -0.2) is 29.5 Å². The molecule has 0 fully saturated rings. The predicted molar refractivity (Wildman–Crippen MR) is 110 cm³/mol. The molecule has 6 heteroatoms.